The fraction of sp³-hybridized carbons (Fsp3) is 0.588. The van der Waals surface area contributed by atoms with Crippen LogP contribution in [0.5, 0.6) is 0 Å². The van der Waals surface area contributed by atoms with Crippen LogP contribution in [0.4, 0.5) is 0 Å². The van der Waals surface area contributed by atoms with E-state index in [1.807, 2.05) is 31.2 Å². The Morgan fingerprint density at radius 3 is 2.95 bits per heavy atom. The van der Waals surface area contributed by atoms with Crippen molar-refractivity contribution in [3.63, 3.8) is 0 Å². The topological polar surface area (TPSA) is 44.4 Å². The van der Waals surface area contributed by atoms with Crippen molar-refractivity contribution in [3.05, 3.63) is 34.3 Å². The number of piperidine rings is 1. The van der Waals surface area contributed by atoms with Crippen LogP contribution >= 0.6 is 15.9 Å². The third-order valence-electron chi connectivity index (χ3n) is 4.85. The van der Waals surface area contributed by atoms with Gasteiger partial charge in [0, 0.05) is 23.6 Å². The average molecular weight is 366 g/mol. The van der Waals surface area contributed by atoms with Crippen molar-refractivity contribution >= 4 is 21.8 Å². The molecular weight excluding hydrogens is 342 g/mol. The number of hydrogen-bond donors (Lipinski definition) is 2. The smallest absolute Gasteiger partial charge is 0.234 e. The lowest BCUT2D eigenvalue weighted by atomic mass is 9.93. The predicted octanol–water partition coefficient (Wildman–Crippen LogP) is 2.31. The van der Waals surface area contributed by atoms with Gasteiger partial charge in [0.1, 0.15) is 0 Å². The highest BCUT2D eigenvalue weighted by Crippen LogP contribution is 2.24. The molecule has 22 heavy (non-hydrogen) atoms. The highest BCUT2D eigenvalue weighted by Gasteiger charge is 2.33. The maximum absolute atomic E-state index is 12.3. The van der Waals surface area contributed by atoms with Crippen LogP contribution < -0.4 is 10.6 Å². The maximum atomic E-state index is 12.3. The second kappa shape index (κ2) is 7.11. The first kappa shape index (κ1) is 16.0. The molecule has 0 radical (unpaired) electrons. The van der Waals surface area contributed by atoms with Crippen LogP contribution in [0.1, 0.15) is 31.4 Å². The highest BCUT2D eigenvalue weighted by molar-refractivity contribution is 9.10. The Balaban J connectivity index is 1.48. The van der Waals surface area contributed by atoms with E-state index in [1.54, 1.807) is 0 Å². The third-order valence-corrected chi connectivity index (χ3v) is 5.38. The minimum atomic E-state index is 0.0475. The number of benzene rings is 1. The van der Waals surface area contributed by atoms with Crippen molar-refractivity contribution in [2.24, 2.45) is 5.92 Å². The van der Waals surface area contributed by atoms with E-state index in [9.17, 15) is 4.79 Å². The summed E-state index contributed by atoms with van der Waals surface area (Å²) >= 11 is 3.43. The van der Waals surface area contributed by atoms with Crippen LogP contribution in [0, 0.1) is 5.92 Å². The van der Waals surface area contributed by atoms with E-state index >= 15 is 0 Å². The van der Waals surface area contributed by atoms with E-state index in [-0.39, 0.29) is 11.9 Å². The van der Waals surface area contributed by atoms with Crippen LogP contribution in [-0.2, 0) is 4.79 Å². The molecule has 1 aromatic rings. The van der Waals surface area contributed by atoms with E-state index < -0.39 is 0 Å². The van der Waals surface area contributed by atoms with Crippen molar-refractivity contribution in [3.8, 4) is 0 Å². The van der Waals surface area contributed by atoms with E-state index in [1.165, 1.54) is 12.8 Å². The van der Waals surface area contributed by atoms with E-state index in [4.69, 9.17) is 0 Å². The molecule has 2 aliphatic heterocycles. The molecule has 120 valence electrons. The minimum absolute atomic E-state index is 0.0475. The van der Waals surface area contributed by atoms with Gasteiger partial charge < -0.3 is 10.6 Å². The van der Waals surface area contributed by atoms with E-state index in [2.05, 4.69) is 31.5 Å². The number of likely N-dealkylation sites (tertiary alicyclic amines) is 1. The number of carbonyl (C=O) groups excluding carboxylic acids is 1. The first-order valence-corrected chi connectivity index (χ1v) is 8.91. The maximum Gasteiger partial charge on any atom is 0.234 e. The van der Waals surface area contributed by atoms with Gasteiger partial charge in [0.25, 0.3) is 0 Å². The molecule has 3 atom stereocenters. The molecule has 0 aliphatic carbocycles. The molecule has 1 amide bonds. The van der Waals surface area contributed by atoms with Gasteiger partial charge in [-0.05, 0) is 49.9 Å². The van der Waals surface area contributed by atoms with Crippen molar-refractivity contribution in [1.29, 1.82) is 0 Å². The lowest BCUT2D eigenvalue weighted by Gasteiger charge is -2.34. The van der Waals surface area contributed by atoms with Crippen LogP contribution in [0.2, 0.25) is 0 Å². The zero-order valence-corrected chi connectivity index (χ0v) is 14.6. The van der Waals surface area contributed by atoms with Crippen molar-refractivity contribution in [2.75, 3.05) is 26.2 Å². The van der Waals surface area contributed by atoms with Crippen LogP contribution in [0.3, 0.4) is 0 Å². The summed E-state index contributed by atoms with van der Waals surface area (Å²) in [5.41, 5.74) is 1.13. The molecule has 0 aromatic heterocycles. The molecule has 1 aromatic carbocycles. The molecule has 3 rings (SSSR count). The van der Waals surface area contributed by atoms with Gasteiger partial charge in [-0.25, -0.2) is 0 Å². The second-order valence-corrected chi connectivity index (χ2v) is 7.39. The summed E-state index contributed by atoms with van der Waals surface area (Å²) in [5, 5.41) is 6.67. The summed E-state index contributed by atoms with van der Waals surface area (Å²) in [4.78, 5) is 14.6. The molecule has 2 N–H and O–H groups in total. The first-order chi connectivity index (χ1) is 10.6. The molecule has 4 nitrogen and oxygen atoms in total. The normalized spacial score (nSPS) is 26.5. The molecule has 2 aliphatic rings. The molecule has 2 saturated heterocycles. The summed E-state index contributed by atoms with van der Waals surface area (Å²) in [7, 11) is 0. The van der Waals surface area contributed by atoms with Gasteiger partial charge >= 0.3 is 0 Å². The molecule has 0 saturated carbocycles. The monoisotopic (exact) mass is 365 g/mol. The summed E-state index contributed by atoms with van der Waals surface area (Å²) in [6.45, 7) is 5.76. The Bertz CT molecular complexity index is 519. The number of carbonyl (C=O) groups is 1. The first-order valence-electron chi connectivity index (χ1n) is 8.12. The predicted molar refractivity (Wildman–Crippen MR) is 91.7 cm³/mol. The Hall–Kier alpha value is -0.910. The number of amides is 1. The highest BCUT2D eigenvalue weighted by atomic mass is 79.9. The molecule has 0 bridgehead atoms. The lowest BCUT2D eigenvalue weighted by Crippen LogP contribution is -2.48. The number of nitrogens with one attached hydrogen (secondary N) is 2. The fourth-order valence-corrected chi connectivity index (χ4v) is 3.86. The lowest BCUT2D eigenvalue weighted by molar-refractivity contribution is -0.123. The standard InChI is InChI=1S/C17H24BrN3O/c1-12(13-2-4-15(18)5-3-13)20-17(22)11-21-9-7-16-14(10-21)6-8-19-16/h2-5,12,14,16,19H,6-11H2,1H3,(H,20,22). The zero-order valence-electron chi connectivity index (χ0n) is 13.0. The number of fused-ring (bicyclic) bond motifs is 1. The van der Waals surface area contributed by atoms with Gasteiger partial charge in [0.2, 0.25) is 5.91 Å². The van der Waals surface area contributed by atoms with Gasteiger partial charge in [-0.15, -0.1) is 0 Å². The van der Waals surface area contributed by atoms with Crippen LogP contribution in [0.15, 0.2) is 28.7 Å². The molecule has 2 heterocycles. The Kier molecular flexibility index (Phi) is 5.16. The summed E-state index contributed by atoms with van der Waals surface area (Å²) in [6.07, 6.45) is 2.41. The SMILES string of the molecule is CC(NC(=O)CN1CCC2NCCC2C1)c1ccc(Br)cc1. The average Bonchev–Trinajstić information content (AvgIpc) is 2.95. The van der Waals surface area contributed by atoms with Gasteiger partial charge in [0.05, 0.1) is 12.6 Å². The fourth-order valence-electron chi connectivity index (χ4n) is 3.59. The van der Waals surface area contributed by atoms with Crippen molar-refractivity contribution in [1.82, 2.24) is 15.5 Å². The summed E-state index contributed by atoms with van der Waals surface area (Å²) in [5.74, 6) is 0.852. The van der Waals surface area contributed by atoms with Crippen molar-refractivity contribution in [2.45, 2.75) is 31.8 Å². The molecular formula is C17H24BrN3O. The van der Waals surface area contributed by atoms with Crippen molar-refractivity contribution < 1.29 is 4.79 Å². The quantitative estimate of drug-likeness (QED) is 0.860. The Morgan fingerprint density at radius 2 is 2.18 bits per heavy atom. The van der Waals surface area contributed by atoms with Crippen LogP contribution in [0.25, 0.3) is 0 Å². The largest absolute Gasteiger partial charge is 0.348 e. The second-order valence-electron chi connectivity index (χ2n) is 6.47. The number of nitrogens with zero attached hydrogens (tertiary/aromatic N) is 1. The van der Waals surface area contributed by atoms with E-state index in [0.717, 1.165) is 35.6 Å². The number of halogens is 1. The van der Waals surface area contributed by atoms with E-state index in [0.29, 0.717) is 12.6 Å². The minimum Gasteiger partial charge on any atom is -0.348 e. The number of rotatable bonds is 4. The van der Waals surface area contributed by atoms with Gasteiger partial charge in [-0.2, -0.15) is 0 Å². The zero-order chi connectivity index (χ0) is 15.5. The molecule has 2 fully saturated rings. The summed E-state index contributed by atoms with van der Waals surface area (Å²) < 4.78 is 1.06. The van der Waals surface area contributed by atoms with Crippen LogP contribution in [-0.4, -0.2) is 43.0 Å². The number of hydrogen-bond acceptors (Lipinski definition) is 3. The molecule has 5 heteroatoms. The summed E-state index contributed by atoms with van der Waals surface area (Å²) in [6, 6.07) is 8.84. The molecule has 3 unspecified atom stereocenters. The Labute approximate surface area is 140 Å². The Morgan fingerprint density at radius 1 is 1.41 bits per heavy atom. The third kappa shape index (κ3) is 3.89. The van der Waals surface area contributed by atoms with Gasteiger partial charge in [-0.3, -0.25) is 9.69 Å². The molecule has 0 spiro atoms. The van der Waals surface area contributed by atoms with Gasteiger partial charge in [-0.1, -0.05) is 28.1 Å². The van der Waals surface area contributed by atoms with Gasteiger partial charge in [0.15, 0.2) is 0 Å².